The number of carboxylic acids is 1. The van der Waals surface area contributed by atoms with Crippen LogP contribution in [0.25, 0.3) is 0 Å². The molecule has 1 unspecified atom stereocenters. The number of carbonyl (C=O) groups is 1. The minimum absolute atomic E-state index is 0.0743. The zero-order chi connectivity index (χ0) is 13.2. The summed E-state index contributed by atoms with van der Waals surface area (Å²) >= 11 is 0. The number of halogens is 2. The molecule has 0 aliphatic carbocycles. The minimum Gasteiger partial charge on any atom is -0.481 e. The van der Waals surface area contributed by atoms with Crippen molar-refractivity contribution in [2.45, 2.75) is 26.3 Å². The number of rotatable bonds is 4. The first-order valence-corrected chi connectivity index (χ1v) is 5.18. The third-order valence-electron chi connectivity index (χ3n) is 2.67. The molecule has 17 heavy (non-hydrogen) atoms. The van der Waals surface area contributed by atoms with Crippen LogP contribution >= 0.6 is 0 Å². The molecule has 94 valence electrons. The van der Waals surface area contributed by atoms with E-state index in [2.05, 4.69) is 0 Å². The van der Waals surface area contributed by atoms with Crippen molar-refractivity contribution in [1.29, 1.82) is 0 Å². The fourth-order valence-corrected chi connectivity index (χ4v) is 1.55. The van der Waals surface area contributed by atoms with E-state index in [1.165, 1.54) is 19.9 Å². The third kappa shape index (κ3) is 3.23. The average Bonchev–Trinajstić information content (AvgIpc) is 2.15. The molecule has 0 radical (unpaired) electrons. The van der Waals surface area contributed by atoms with Gasteiger partial charge in [-0.05, 0) is 26.3 Å². The molecule has 1 aromatic rings. The molecule has 0 heterocycles. The van der Waals surface area contributed by atoms with Crippen LogP contribution in [0.2, 0.25) is 0 Å². The Bertz CT molecular complexity index is 433. The molecule has 1 rings (SSSR count). The Morgan fingerprint density at radius 1 is 1.47 bits per heavy atom. The third-order valence-corrected chi connectivity index (χ3v) is 2.67. The highest BCUT2D eigenvalue weighted by Crippen LogP contribution is 2.30. The van der Waals surface area contributed by atoms with Crippen molar-refractivity contribution >= 4 is 5.97 Å². The number of hydrogen-bond donors (Lipinski definition) is 2. The van der Waals surface area contributed by atoms with Gasteiger partial charge < -0.3 is 10.8 Å². The van der Waals surface area contributed by atoms with Crippen molar-refractivity contribution < 1.29 is 18.7 Å². The van der Waals surface area contributed by atoms with E-state index in [0.29, 0.717) is 0 Å². The van der Waals surface area contributed by atoms with Crippen molar-refractivity contribution in [1.82, 2.24) is 0 Å². The first kappa shape index (κ1) is 13.6. The van der Waals surface area contributed by atoms with Gasteiger partial charge in [-0.25, -0.2) is 8.78 Å². The number of hydrogen-bond acceptors (Lipinski definition) is 2. The van der Waals surface area contributed by atoms with Gasteiger partial charge in [-0.2, -0.15) is 0 Å². The van der Waals surface area contributed by atoms with E-state index in [1.54, 1.807) is 0 Å². The number of aliphatic carboxylic acids is 1. The summed E-state index contributed by atoms with van der Waals surface area (Å²) in [6, 6.07) is 2.31. The van der Waals surface area contributed by atoms with Crippen LogP contribution in [0, 0.1) is 17.0 Å². The van der Waals surface area contributed by atoms with E-state index < -0.39 is 29.1 Å². The highest BCUT2D eigenvalue weighted by molar-refractivity contribution is 5.73. The summed E-state index contributed by atoms with van der Waals surface area (Å²) in [7, 11) is 0. The van der Waals surface area contributed by atoms with Gasteiger partial charge in [-0.3, -0.25) is 4.79 Å². The van der Waals surface area contributed by atoms with Gasteiger partial charge in [-0.15, -0.1) is 0 Å². The zero-order valence-electron chi connectivity index (χ0n) is 9.71. The van der Waals surface area contributed by atoms with Gasteiger partial charge in [0.05, 0.1) is 5.41 Å². The monoisotopic (exact) mass is 243 g/mol. The van der Waals surface area contributed by atoms with Gasteiger partial charge in [0.2, 0.25) is 0 Å². The molecule has 0 amide bonds. The van der Waals surface area contributed by atoms with Gasteiger partial charge in [0.15, 0.2) is 0 Å². The average molecular weight is 243 g/mol. The number of benzene rings is 1. The number of carboxylic acid groups (broad SMARTS) is 1. The highest BCUT2D eigenvalue weighted by atomic mass is 19.1. The summed E-state index contributed by atoms with van der Waals surface area (Å²) in [4.78, 5) is 10.9. The lowest BCUT2D eigenvalue weighted by molar-refractivity contribution is -0.147. The first-order valence-electron chi connectivity index (χ1n) is 5.18. The van der Waals surface area contributed by atoms with Crippen LogP contribution in [0.1, 0.15) is 31.9 Å². The first-order chi connectivity index (χ1) is 7.74. The second kappa shape index (κ2) is 4.79. The molecule has 3 N–H and O–H groups in total. The predicted octanol–water partition coefficient (Wildman–Crippen LogP) is 2.47. The van der Waals surface area contributed by atoms with Crippen molar-refractivity contribution in [2.75, 3.05) is 0 Å². The molecule has 1 aromatic carbocycles. The summed E-state index contributed by atoms with van der Waals surface area (Å²) in [6.07, 6.45) is 0.0743. The van der Waals surface area contributed by atoms with Gasteiger partial charge in [-0.1, -0.05) is 6.07 Å². The molecule has 0 aliphatic heterocycles. The van der Waals surface area contributed by atoms with E-state index >= 15 is 0 Å². The Labute approximate surface area is 98.2 Å². The minimum atomic E-state index is -1.06. The summed E-state index contributed by atoms with van der Waals surface area (Å²) in [5, 5.41) is 8.94. The number of nitrogens with two attached hydrogens (primary N) is 1. The molecule has 1 atom stereocenters. The van der Waals surface area contributed by atoms with Crippen LogP contribution in [0.4, 0.5) is 8.78 Å². The molecule has 0 aliphatic rings. The van der Waals surface area contributed by atoms with Gasteiger partial charge >= 0.3 is 5.97 Å². The molecular formula is C12H15F2NO2. The Morgan fingerprint density at radius 2 is 2.06 bits per heavy atom. The molecular weight excluding hydrogens is 228 g/mol. The van der Waals surface area contributed by atoms with E-state index in [0.717, 1.165) is 12.1 Å². The van der Waals surface area contributed by atoms with Crippen molar-refractivity contribution in [3.8, 4) is 0 Å². The van der Waals surface area contributed by atoms with Gasteiger partial charge in [0.25, 0.3) is 0 Å². The molecule has 0 saturated heterocycles. The molecule has 0 spiro atoms. The smallest absolute Gasteiger partial charge is 0.309 e. The van der Waals surface area contributed by atoms with Crippen LogP contribution < -0.4 is 5.73 Å². The summed E-state index contributed by atoms with van der Waals surface area (Å²) in [5.41, 5.74) is 4.81. The Morgan fingerprint density at radius 3 is 2.53 bits per heavy atom. The summed E-state index contributed by atoms with van der Waals surface area (Å²) in [6.45, 7) is 3.02. The quantitative estimate of drug-likeness (QED) is 0.853. The van der Waals surface area contributed by atoms with Crippen LogP contribution in [0.15, 0.2) is 18.2 Å². The van der Waals surface area contributed by atoms with E-state index in [1.807, 2.05) is 0 Å². The Balaban J connectivity index is 2.90. The lowest BCUT2D eigenvalue weighted by Crippen LogP contribution is -2.29. The Hall–Kier alpha value is -1.49. The van der Waals surface area contributed by atoms with Crippen LogP contribution in [0.3, 0.4) is 0 Å². The van der Waals surface area contributed by atoms with Gasteiger partial charge in [0.1, 0.15) is 11.6 Å². The van der Waals surface area contributed by atoms with Crippen molar-refractivity contribution in [3.63, 3.8) is 0 Å². The van der Waals surface area contributed by atoms with Crippen molar-refractivity contribution in [3.05, 3.63) is 35.4 Å². The zero-order valence-corrected chi connectivity index (χ0v) is 9.71. The standard InChI is InChI=1S/C12H15F2NO2/c1-12(2,11(16)17)6-10(15)8-4-3-7(13)5-9(8)14/h3-5,10H,6,15H2,1-2H3,(H,16,17). The van der Waals surface area contributed by atoms with Gasteiger partial charge in [0, 0.05) is 17.7 Å². The normalized spacial score (nSPS) is 13.5. The van der Waals surface area contributed by atoms with E-state index in [9.17, 15) is 13.6 Å². The fraction of sp³-hybridized carbons (Fsp3) is 0.417. The predicted molar refractivity (Wildman–Crippen MR) is 59.3 cm³/mol. The second-order valence-corrected chi connectivity index (χ2v) is 4.67. The molecule has 0 aromatic heterocycles. The summed E-state index contributed by atoms with van der Waals surface area (Å²) < 4.78 is 26.1. The van der Waals surface area contributed by atoms with E-state index in [-0.39, 0.29) is 12.0 Å². The maximum atomic E-state index is 13.4. The molecule has 0 bridgehead atoms. The topological polar surface area (TPSA) is 63.3 Å². The van der Waals surface area contributed by atoms with Crippen LogP contribution in [0.5, 0.6) is 0 Å². The largest absolute Gasteiger partial charge is 0.481 e. The fourth-order valence-electron chi connectivity index (χ4n) is 1.55. The summed E-state index contributed by atoms with van der Waals surface area (Å²) in [5.74, 6) is -2.44. The lowest BCUT2D eigenvalue weighted by Gasteiger charge is -2.23. The molecule has 3 nitrogen and oxygen atoms in total. The Kier molecular flexibility index (Phi) is 3.83. The molecule has 0 saturated carbocycles. The second-order valence-electron chi connectivity index (χ2n) is 4.67. The van der Waals surface area contributed by atoms with Crippen LogP contribution in [-0.2, 0) is 4.79 Å². The molecule has 0 fully saturated rings. The highest BCUT2D eigenvalue weighted by Gasteiger charge is 2.30. The lowest BCUT2D eigenvalue weighted by atomic mass is 9.84. The van der Waals surface area contributed by atoms with Crippen molar-refractivity contribution in [2.24, 2.45) is 11.1 Å². The van der Waals surface area contributed by atoms with E-state index in [4.69, 9.17) is 10.8 Å². The maximum Gasteiger partial charge on any atom is 0.309 e. The SMILES string of the molecule is CC(C)(CC(N)c1ccc(F)cc1F)C(=O)O. The maximum absolute atomic E-state index is 13.4. The van der Waals surface area contributed by atoms with Crippen LogP contribution in [-0.4, -0.2) is 11.1 Å². The molecule has 5 heteroatoms.